The Kier molecular flexibility index (Phi) is 3.75. The lowest BCUT2D eigenvalue weighted by Gasteiger charge is -2.36. The van der Waals surface area contributed by atoms with Crippen molar-refractivity contribution < 1.29 is 15.0 Å². The van der Waals surface area contributed by atoms with Gasteiger partial charge in [-0.25, -0.2) is 4.79 Å². The quantitative estimate of drug-likeness (QED) is 0.821. The van der Waals surface area contributed by atoms with Crippen LogP contribution in [0.3, 0.4) is 0 Å². The summed E-state index contributed by atoms with van der Waals surface area (Å²) in [5, 5.41) is 30.5. The molecule has 1 aliphatic heterocycles. The standard InChI is InChI=1S/C16H18ClN3O3/c1-9-11(6-5-10(8-18)13(9)17)20-14(22)16(19(2)15(20)23)7-3-4-12(16)21/h5-6,12,14,21-22H,3-4,7H2,1-2H3/t12-,14+,16+/m1/s1. The van der Waals surface area contributed by atoms with Gasteiger partial charge in [0.05, 0.1) is 22.4 Å². The summed E-state index contributed by atoms with van der Waals surface area (Å²) < 4.78 is 0. The van der Waals surface area contributed by atoms with Gasteiger partial charge in [0.15, 0.2) is 6.23 Å². The lowest BCUT2D eigenvalue weighted by atomic mass is 9.92. The van der Waals surface area contributed by atoms with Crippen LogP contribution in [0.15, 0.2) is 12.1 Å². The maximum Gasteiger partial charge on any atom is 0.327 e. The van der Waals surface area contributed by atoms with Crippen molar-refractivity contribution >= 4 is 23.3 Å². The molecule has 1 aliphatic carbocycles. The molecule has 0 aromatic heterocycles. The highest BCUT2D eigenvalue weighted by Crippen LogP contribution is 2.46. The predicted molar refractivity (Wildman–Crippen MR) is 85.1 cm³/mol. The van der Waals surface area contributed by atoms with Gasteiger partial charge in [-0.05, 0) is 43.9 Å². The molecule has 1 saturated heterocycles. The van der Waals surface area contributed by atoms with Crippen molar-refractivity contribution in [3.8, 4) is 6.07 Å². The molecule has 1 saturated carbocycles. The van der Waals surface area contributed by atoms with E-state index in [1.165, 1.54) is 15.9 Å². The fourth-order valence-corrected chi connectivity index (χ4v) is 3.99. The Morgan fingerprint density at radius 2 is 2.13 bits per heavy atom. The summed E-state index contributed by atoms with van der Waals surface area (Å²) in [4.78, 5) is 15.4. The van der Waals surface area contributed by atoms with E-state index in [-0.39, 0.29) is 11.1 Å². The molecular weight excluding hydrogens is 318 g/mol. The summed E-state index contributed by atoms with van der Waals surface area (Å²) in [5.74, 6) is 0. The Hall–Kier alpha value is -1.81. The third-order valence-electron chi connectivity index (χ3n) is 5.18. The summed E-state index contributed by atoms with van der Waals surface area (Å²) in [5.41, 5.74) is 0.326. The number of aliphatic hydroxyl groups excluding tert-OH is 2. The van der Waals surface area contributed by atoms with E-state index in [4.69, 9.17) is 16.9 Å². The summed E-state index contributed by atoms with van der Waals surface area (Å²) in [6.45, 7) is 1.70. The van der Waals surface area contributed by atoms with Gasteiger partial charge in [-0.15, -0.1) is 0 Å². The van der Waals surface area contributed by atoms with E-state index in [1.54, 1.807) is 20.0 Å². The van der Waals surface area contributed by atoms with Gasteiger partial charge in [-0.1, -0.05) is 11.6 Å². The summed E-state index contributed by atoms with van der Waals surface area (Å²) >= 11 is 6.18. The van der Waals surface area contributed by atoms with Crippen molar-refractivity contribution in [3.63, 3.8) is 0 Å². The van der Waals surface area contributed by atoms with Crippen LogP contribution in [0.2, 0.25) is 5.02 Å². The second-order valence-corrected chi connectivity index (χ2v) is 6.55. The molecule has 1 aromatic carbocycles. The Morgan fingerprint density at radius 3 is 2.70 bits per heavy atom. The number of urea groups is 1. The number of halogens is 1. The molecule has 1 aromatic rings. The molecule has 2 fully saturated rings. The highest BCUT2D eigenvalue weighted by atomic mass is 35.5. The Balaban J connectivity index is 2.10. The van der Waals surface area contributed by atoms with Crippen LogP contribution >= 0.6 is 11.6 Å². The third-order valence-corrected chi connectivity index (χ3v) is 5.67. The maximum absolute atomic E-state index is 12.7. The minimum atomic E-state index is -1.17. The fourth-order valence-electron chi connectivity index (χ4n) is 3.79. The largest absolute Gasteiger partial charge is 0.390 e. The van der Waals surface area contributed by atoms with Gasteiger partial charge in [0, 0.05) is 7.05 Å². The average molecular weight is 336 g/mol. The van der Waals surface area contributed by atoms with Gasteiger partial charge in [0.2, 0.25) is 0 Å². The van der Waals surface area contributed by atoms with Gasteiger partial charge in [-0.2, -0.15) is 5.26 Å². The van der Waals surface area contributed by atoms with Crippen molar-refractivity contribution in [1.29, 1.82) is 5.26 Å². The number of anilines is 1. The van der Waals surface area contributed by atoms with E-state index in [0.717, 1.165) is 6.42 Å². The van der Waals surface area contributed by atoms with E-state index in [1.807, 2.05) is 6.07 Å². The van der Waals surface area contributed by atoms with Gasteiger partial charge < -0.3 is 15.1 Å². The number of amides is 2. The van der Waals surface area contributed by atoms with Crippen LogP contribution in [0.4, 0.5) is 10.5 Å². The van der Waals surface area contributed by atoms with Crippen LogP contribution in [0, 0.1) is 18.3 Å². The molecule has 0 unspecified atom stereocenters. The van der Waals surface area contributed by atoms with Crippen molar-refractivity contribution in [2.24, 2.45) is 0 Å². The van der Waals surface area contributed by atoms with Crippen LogP contribution in [0.5, 0.6) is 0 Å². The first kappa shape index (κ1) is 16.1. The van der Waals surface area contributed by atoms with Gasteiger partial charge >= 0.3 is 6.03 Å². The number of hydrogen-bond donors (Lipinski definition) is 2. The smallest absolute Gasteiger partial charge is 0.327 e. The number of likely N-dealkylation sites (N-methyl/N-ethyl adjacent to an activating group) is 1. The Morgan fingerprint density at radius 1 is 1.43 bits per heavy atom. The fraction of sp³-hybridized carbons (Fsp3) is 0.500. The van der Waals surface area contributed by atoms with Gasteiger partial charge in [0.25, 0.3) is 0 Å². The van der Waals surface area contributed by atoms with E-state index in [0.29, 0.717) is 29.7 Å². The second-order valence-electron chi connectivity index (χ2n) is 6.17. The summed E-state index contributed by atoms with van der Waals surface area (Å²) in [6, 6.07) is 4.74. The molecule has 122 valence electrons. The highest BCUT2D eigenvalue weighted by molar-refractivity contribution is 6.33. The first-order valence-electron chi connectivity index (χ1n) is 7.48. The lowest BCUT2D eigenvalue weighted by Crippen LogP contribution is -2.56. The average Bonchev–Trinajstić information content (AvgIpc) is 3.00. The van der Waals surface area contributed by atoms with Crippen LogP contribution < -0.4 is 4.90 Å². The molecule has 7 heteroatoms. The van der Waals surface area contributed by atoms with Crippen molar-refractivity contribution in [3.05, 3.63) is 28.3 Å². The van der Waals surface area contributed by atoms with Crippen LogP contribution in [0.25, 0.3) is 0 Å². The number of hydrogen-bond acceptors (Lipinski definition) is 4. The number of nitriles is 1. The molecule has 1 spiro atoms. The topological polar surface area (TPSA) is 87.8 Å². The lowest BCUT2D eigenvalue weighted by molar-refractivity contribution is -0.0310. The Bertz CT molecular complexity index is 717. The number of aliphatic hydroxyl groups is 2. The molecule has 2 aliphatic rings. The zero-order valence-electron chi connectivity index (χ0n) is 13.0. The molecule has 2 amide bonds. The minimum absolute atomic E-state index is 0.264. The van der Waals surface area contributed by atoms with E-state index < -0.39 is 17.9 Å². The first-order chi connectivity index (χ1) is 10.9. The first-order valence-corrected chi connectivity index (χ1v) is 7.86. The molecule has 3 rings (SSSR count). The number of rotatable bonds is 1. The van der Waals surface area contributed by atoms with E-state index in [9.17, 15) is 15.0 Å². The molecule has 23 heavy (non-hydrogen) atoms. The van der Waals surface area contributed by atoms with Crippen molar-refractivity contribution in [1.82, 2.24) is 4.90 Å². The third kappa shape index (κ3) is 1.97. The molecule has 0 bridgehead atoms. The zero-order valence-corrected chi connectivity index (χ0v) is 13.7. The number of nitrogens with zero attached hydrogens (tertiary/aromatic N) is 3. The van der Waals surface area contributed by atoms with Gasteiger partial charge in [-0.3, -0.25) is 4.90 Å². The SMILES string of the molecule is Cc1c(N2C(=O)N(C)[C@]3(CCC[C@H]3O)[C@@H]2O)ccc(C#N)c1Cl. The molecule has 3 atom stereocenters. The van der Waals surface area contributed by atoms with Crippen LogP contribution in [-0.2, 0) is 0 Å². The van der Waals surface area contributed by atoms with E-state index >= 15 is 0 Å². The minimum Gasteiger partial charge on any atom is -0.390 e. The zero-order chi connectivity index (χ0) is 16.9. The van der Waals surface area contributed by atoms with E-state index in [2.05, 4.69) is 0 Å². The van der Waals surface area contributed by atoms with Crippen molar-refractivity contribution in [2.45, 2.75) is 44.1 Å². The molecular formula is C16H18ClN3O3. The summed E-state index contributed by atoms with van der Waals surface area (Å²) in [6.07, 6.45) is -0.102. The number of carbonyl (C=O) groups is 1. The normalized spacial score (nSPS) is 30.3. The Labute approximate surface area is 139 Å². The number of benzene rings is 1. The highest BCUT2D eigenvalue weighted by Gasteiger charge is 2.61. The van der Waals surface area contributed by atoms with Crippen LogP contribution in [0.1, 0.15) is 30.4 Å². The monoisotopic (exact) mass is 335 g/mol. The maximum atomic E-state index is 12.7. The second kappa shape index (κ2) is 5.38. The molecule has 0 radical (unpaired) electrons. The number of carbonyl (C=O) groups excluding carboxylic acids is 1. The predicted octanol–water partition coefficient (Wildman–Crippen LogP) is 1.99. The van der Waals surface area contributed by atoms with Crippen molar-refractivity contribution in [2.75, 3.05) is 11.9 Å². The molecule has 1 heterocycles. The molecule has 6 nitrogen and oxygen atoms in total. The van der Waals surface area contributed by atoms with Crippen LogP contribution in [-0.4, -0.2) is 46.1 Å². The van der Waals surface area contributed by atoms with Gasteiger partial charge in [0.1, 0.15) is 11.6 Å². The summed E-state index contributed by atoms with van der Waals surface area (Å²) in [7, 11) is 1.60. The molecule has 2 N–H and O–H groups in total.